The molecule has 1 rings (SSSR count). The second-order valence-corrected chi connectivity index (χ2v) is 13.9. The first-order chi connectivity index (χ1) is 24.1. The van der Waals surface area contributed by atoms with Crippen molar-refractivity contribution in [3.05, 3.63) is 37.0 Å². The maximum atomic E-state index is 13.9. The number of likely N-dealkylation sites (N-methyl/N-ethyl adjacent to an activating group) is 2. The molecule has 51 heavy (non-hydrogen) atoms. The number of carbonyl (C=O) groups excluding carboxylic acids is 4. The van der Waals surface area contributed by atoms with Gasteiger partial charge in [0.05, 0.1) is 61.4 Å². The Morgan fingerprint density at radius 1 is 1.02 bits per heavy atom. The molecule has 0 spiro atoms. The van der Waals surface area contributed by atoms with E-state index >= 15 is 0 Å². The molecule has 0 aromatic heterocycles. The summed E-state index contributed by atoms with van der Waals surface area (Å²) < 4.78 is 11.7. The molecule has 294 valence electrons. The van der Waals surface area contributed by atoms with Gasteiger partial charge in [0.25, 0.3) is 0 Å². The van der Waals surface area contributed by atoms with E-state index in [-0.39, 0.29) is 54.5 Å². The van der Waals surface area contributed by atoms with Crippen molar-refractivity contribution >= 4 is 23.6 Å². The van der Waals surface area contributed by atoms with Crippen LogP contribution in [0.5, 0.6) is 0 Å². The van der Waals surface area contributed by atoms with Gasteiger partial charge < -0.3 is 40.3 Å². The summed E-state index contributed by atoms with van der Waals surface area (Å²) >= 11 is 0. The average molecular weight is 722 g/mol. The van der Waals surface area contributed by atoms with Gasteiger partial charge in [0.1, 0.15) is 0 Å². The molecular formula is C39H71N5O7. The maximum Gasteiger partial charge on any atom is 0.242 e. The molecule has 9 unspecified atom stereocenters. The fourth-order valence-corrected chi connectivity index (χ4v) is 6.64. The zero-order valence-electron chi connectivity index (χ0n) is 33.7. The Morgan fingerprint density at radius 2 is 1.63 bits per heavy atom. The van der Waals surface area contributed by atoms with Crippen LogP contribution in [0, 0.1) is 17.8 Å². The van der Waals surface area contributed by atoms with E-state index in [4.69, 9.17) is 9.47 Å². The van der Waals surface area contributed by atoms with E-state index in [2.05, 4.69) is 43.0 Å². The molecule has 1 heterocycles. The number of carbonyl (C=O) groups is 4. The molecule has 4 amide bonds. The van der Waals surface area contributed by atoms with Crippen LogP contribution >= 0.6 is 0 Å². The lowest BCUT2D eigenvalue weighted by molar-refractivity contribution is -0.146. The van der Waals surface area contributed by atoms with E-state index in [0.717, 1.165) is 12.8 Å². The molecule has 0 aromatic rings. The summed E-state index contributed by atoms with van der Waals surface area (Å²) in [7, 11) is 6.47. The summed E-state index contributed by atoms with van der Waals surface area (Å²) in [6.07, 6.45) is 5.99. The molecule has 1 aliphatic rings. The van der Waals surface area contributed by atoms with Crippen LogP contribution in [0.1, 0.15) is 87.5 Å². The van der Waals surface area contributed by atoms with E-state index in [1.807, 2.05) is 27.7 Å². The standard InChI is InChI=1S/C36H63N5O7.C3H8/c1-13-17-26(15-3)33(44)25(8)39-35(45)24(7)34(48-12)27-18-16-19-41(27)29(42)20-28(47-11)32(23(6)14-2)40(10)30(43)21-38-36(46)31(37-9)22(4)5;1-3-2/h13,15,17,22-25,27-28,31-34,37,44H,1,3,14,16,18-21H2,2,4-12H3,(H,38,46)(H,39,45);3H2,1-2H3/b26-17+;. The third kappa shape index (κ3) is 14.5. The quantitative estimate of drug-likeness (QED) is 0.131. The largest absolute Gasteiger partial charge is 0.386 e. The van der Waals surface area contributed by atoms with Crippen molar-refractivity contribution in [3.63, 3.8) is 0 Å². The zero-order chi connectivity index (χ0) is 39.4. The van der Waals surface area contributed by atoms with Gasteiger partial charge in [0.2, 0.25) is 23.6 Å². The Labute approximate surface area is 308 Å². The van der Waals surface area contributed by atoms with Gasteiger partial charge in [-0.2, -0.15) is 0 Å². The first-order valence-electron chi connectivity index (χ1n) is 18.6. The minimum Gasteiger partial charge on any atom is -0.386 e. The average Bonchev–Trinajstić information content (AvgIpc) is 3.58. The molecule has 9 atom stereocenters. The first-order valence-corrected chi connectivity index (χ1v) is 18.6. The number of likely N-dealkylation sites (tertiary alicyclic amines) is 1. The number of ether oxygens (including phenoxy) is 2. The monoisotopic (exact) mass is 722 g/mol. The summed E-state index contributed by atoms with van der Waals surface area (Å²) in [4.78, 5) is 56.6. The Bertz CT molecular complexity index is 1130. The Morgan fingerprint density at radius 3 is 2.10 bits per heavy atom. The van der Waals surface area contributed by atoms with Crippen LogP contribution in [0.25, 0.3) is 0 Å². The van der Waals surface area contributed by atoms with Crippen LogP contribution in [0.4, 0.5) is 0 Å². The van der Waals surface area contributed by atoms with Gasteiger partial charge >= 0.3 is 0 Å². The normalized spacial score (nSPS) is 19.3. The molecule has 12 heteroatoms. The fraction of sp³-hybridized carbons (Fsp3) is 0.744. The van der Waals surface area contributed by atoms with Crippen molar-refractivity contribution in [2.75, 3.05) is 41.4 Å². The lowest BCUT2D eigenvalue weighted by atomic mass is 9.90. The first kappa shape index (κ1) is 47.9. The molecule has 0 aromatic carbocycles. The SMILES string of the molecule is C=C/C=C(\C=C)C(O)C(C)NC(=O)C(C)C(OC)C1CCCN1C(=O)CC(OC)C(C(C)CC)N(C)C(=O)CNC(=O)C(NC)C(C)C.CCC. The topological polar surface area (TPSA) is 150 Å². The van der Waals surface area contributed by atoms with Crippen molar-refractivity contribution in [2.24, 2.45) is 17.8 Å². The van der Waals surface area contributed by atoms with E-state index in [1.54, 1.807) is 49.9 Å². The van der Waals surface area contributed by atoms with Crippen LogP contribution in [-0.2, 0) is 28.7 Å². The highest BCUT2D eigenvalue weighted by molar-refractivity contribution is 5.87. The van der Waals surface area contributed by atoms with Gasteiger partial charge in [-0.15, -0.1) is 0 Å². The van der Waals surface area contributed by atoms with Gasteiger partial charge in [-0.3, -0.25) is 19.2 Å². The molecule has 0 aliphatic carbocycles. The number of rotatable bonds is 21. The second kappa shape index (κ2) is 25.0. The number of aliphatic hydroxyl groups is 1. The van der Waals surface area contributed by atoms with Gasteiger partial charge in [-0.1, -0.05) is 92.7 Å². The summed E-state index contributed by atoms with van der Waals surface area (Å²) in [6.45, 7) is 23.3. The summed E-state index contributed by atoms with van der Waals surface area (Å²) in [5, 5.41) is 19.3. The van der Waals surface area contributed by atoms with Crippen LogP contribution in [0.15, 0.2) is 37.0 Å². The Kier molecular flexibility index (Phi) is 23.5. The highest BCUT2D eigenvalue weighted by Crippen LogP contribution is 2.29. The molecule has 1 fully saturated rings. The van der Waals surface area contributed by atoms with Crippen molar-refractivity contribution in [3.8, 4) is 0 Å². The third-order valence-corrected chi connectivity index (χ3v) is 9.71. The number of nitrogens with zero attached hydrogens (tertiary/aromatic N) is 2. The van der Waals surface area contributed by atoms with Crippen molar-refractivity contribution in [2.45, 2.75) is 130 Å². The van der Waals surface area contributed by atoms with Crippen molar-refractivity contribution in [1.82, 2.24) is 25.8 Å². The fourth-order valence-electron chi connectivity index (χ4n) is 6.64. The highest BCUT2D eigenvalue weighted by atomic mass is 16.5. The number of allylic oxidation sites excluding steroid dienone is 2. The van der Waals surface area contributed by atoms with Gasteiger partial charge in [0.15, 0.2) is 0 Å². The third-order valence-electron chi connectivity index (χ3n) is 9.71. The molecule has 0 bridgehead atoms. The van der Waals surface area contributed by atoms with Gasteiger partial charge in [-0.05, 0) is 44.2 Å². The molecule has 0 saturated carbocycles. The van der Waals surface area contributed by atoms with Crippen LogP contribution in [0.2, 0.25) is 0 Å². The predicted molar refractivity (Wildman–Crippen MR) is 205 cm³/mol. The zero-order valence-corrected chi connectivity index (χ0v) is 33.7. The number of nitrogens with one attached hydrogen (secondary N) is 3. The van der Waals surface area contributed by atoms with E-state index in [1.165, 1.54) is 26.7 Å². The van der Waals surface area contributed by atoms with E-state index in [9.17, 15) is 24.3 Å². The smallest absolute Gasteiger partial charge is 0.242 e. The number of amides is 4. The lowest BCUT2D eigenvalue weighted by Crippen LogP contribution is -2.55. The summed E-state index contributed by atoms with van der Waals surface area (Å²) in [5.41, 5.74) is 0.537. The van der Waals surface area contributed by atoms with Crippen LogP contribution in [0.3, 0.4) is 0 Å². The number of hydrogen-bond donors (Lipinski definition) is 4. The Balaban J connectivity index is 0.00000802. The number of methoxy groups -OCH3 is 2. The number of hydrogen-bond acceptors (Lipinski definition) is 8. The number of aliphatic hydroxyl groups excluding tert-OH is 1. The van der Waals surface area contributed by atoms with Gasteiger partial charge in [-0.25, -0.2) is 0 Å². The molecule has 1 aliphatic heterocycles. The van der Waals surface area contributed by atoms with Crippen LogP contribution < -0.4 is 16.0 Å². The van der Waals surface area contributed by atoms with Gasteiger partial charge in [0, 0.05) is 27.8 Å². The minimum atomic E-state index is -0.974. The predicted octanol–water partition coefficient (Wildman–Crippen LogP) is 3.85. The molecular weight excluding hydrogens is 650 g/mol. The van der Waals surface area contributed by atoms with E-state index < -0.39 is 42.4 Å². The lowest BCUT2D eigenvalue weighted by Gasteiger charge is -2.39. The second-order valence-electron chi connectivity index (χ2n) is 13.9. The highest BCUT2D eigenvalue weighted by Gasteiger charge is 2.42. The minimum absolute atomic E-state index is 0.00166. The Hall–Kier alpha value is -3.06. The maximum absolute atomic E-state index is 13.9. The summed E-state index contributed by atoms with van der Waals surface area (Å²) in [5.74, 6) is -1.55. The van der Waals surface area contributed by atoms with Crippen molar-refractivity contribution in [1.29, 1.82) is 0 Å². The molecule has 1 saturated heterocycles. The van der Waals surface area contributed by atoms with Crippen molar-refractivity contribution < 1.29 is 33.8 Å². The van der Waals surface area contributed by atoms with E-state index in [0.29, 0.717) is 18.5 Å². The molecule has 0 radical (unpaired) electrons. The van der Waals surface area contributed by atoms with Crippen LogP contribution in [-0.4, -0.2) is 122 Å². The molecule has 4 N–H and O–H groups in total. The molecule has 12 nitrogen and oxygen atoms in total. The summed E-state index contributed by atoms with van der Waals surface area (Å²) in [6, 6.07) is -1.79.